The molecule has 8 rings (SSSR count). The molecule has 23 heteroatoms. The van der Waals surface area contributed by atoms with Gasteiger partial charge in [0.1, 0.15) is 30.7 Å². The van der Waals surface area contributed by atoms with E-state index in [4.69, 9.17) is 34.3 Å². The molecule has 4 fully saturated rings. The summed E-state index contributed by atoms with van der Waals surface area (Å²) in [4.78, 5) is 41.9. The minimum Gasteiger partial charge on any atom is -0.388 e. The van der Waals surface area contributed by atoms with Crippen LogP contribution in [0.15, 0.2) is 17.4 Å². The number of ether oxygens (including phenoxy) is 1. The van der Waals surface area contributed by atoms with Crippen molar-refractivity contribution in [1.29, 1.82) is 0 Å². The Hall–Kier alpha value is -3.52. The van der Waals surface area contributed by atoms with Gasteiger partial charge in [-0.25, -0.2) is 19.5 Å². The molecule has 2 unspecified atom stereocenters. The van der Waals surface area contributed by atoms with Crippen LogP contribution in [-0.2, 0) is 32.0 Å². The molecule has 2 bridgehead atoms. The van der Waals surface area contributed by atoms with E-state index in [9.17, 15) is 23.9 Å². The fourth-order valence-electron chi connectivity index (χ4n) is 6.59. The average Bonchev–Trinajstić information content (AvgIpc) is 3.31. The van der Waals surface area contributed by atoms with Crippen LogP contribution in [0.4, 0.5) is 11.8 Å². The smallest absolute Gasteiger partial charge is 0.388 e. The normalized spacial score (nSPS) is 38.1. The number of aromatic amines is 1. The standard InChI is InChI=1S/C21H23N11O10P2/c22-15-10-16(25-5-24-15)31(6-26-10)12-8-2-21(8)4-39-44(36,37)42-9-1-7(3-38-43(35)41-14(21)13(12)33)40-19(9)32-17-11(29-30-32)18(34)28-20(23)27-17/h5-9,12-14,19,33H,1-4H2,(H5-,22,23,24,25,27,28,30,34,36,37)/p+1/t7-,8+,9+,12+,13-,14-,19+,21-/m0/s1. The third kappa shape index (κ3) is 4.27. The van der Waals surface area contributed by atoms with Crippen molar-refractivity contribution in [3.8, 4) is 0 Å². The number of hydrogen-bond donors (Lipinski definition) is 5. The molecule has 232 valence electrons. The number of nitrogen functional groups attached to an aromatic ring is 2. The Kier molecular flexibility index (Phi) is 6.19. The van der Waals surface area contributed by atoms with Crippen LogP contribution in [0.1, 0.15) is 25.1 Å². The second-order valence-electron chi connectivity index (χ2n) is 11.1. The van der Waals surface area contributed by atoms with Crippen LogP contribution < -0.4 is 17.0 Å². The number of phosphoric ester groups is 1. The van der Waals surface area contributed by atoms with Gasteiger partial charge in [-0.1, -0.05) is 5.21 Å². The van der Waals surface area contributed by atoms with Gasteiger partial charge in [0.15, 0.2) is 35.0 Å². The van der Waals surface area contributed by atoms with Gasteiger partial charge in [-0.15, -0.1) is 14.1 Å². The number of nitrogens with one attached hydrogen (secondary N) is 1. The van der Waals surface area contributed by atoms with E-state index < -0.39 is 70.3 Å². The molecule has 2 aliphatic heterocycles. The summed E-state index contributed by atoms with van der Waals surface area (Å²) in [6.45, 7) is -0.673. The number of anilines is 2. The lowest BCUT2D eigenvalue weighted by Gasteiger charge is -2.25. The highest BCUT2D eigenvalue weighted by molar-refractivity contribution is 7.47. The molecular formula is C21H24N11O10P2+. The lowest BCUT2D eigenvalue weighted by Crippen LogP contribution is -2.37. The Balaban J connectivity index is 1.10. The second kappa shape index (κ2) is 9.74. The van der Waals surface area contributed by atoms with Gasteiger partial charge in [-0.05, 0) is 12.3 Å². The number of fused-ring (bicyclic) bond motifs is 4. The number of rotatable bonds is 2. The van der Waals surface area contributed by atoms with Gasteiger partial charge < -0.3 is 30.8 Å². The van der Waals surface area contributed by atoms with E-state index in [0.29, 0.717) is 17.6 Å². The molecule has 1 spiro atoms. The zero-order valence-electron chi connectivity index (χ0n) is 22.3. The van der Waals surface area contributed by atoms with Crippen molar-refractivity contribution in [2.45, 2.75) is 49.5 Å². The number of imidazole rings is 1. The lowest BCUT2D eigenvalue weighted by atomic mass is 10.0. The van der Waals surface area contributed by atoms with Crippen LogP contribution in [0.2, 0.25) is 0 Å². The van der Waals surface area contributed by atoms with Crippen molar-refractivity contribution in [1.82, 2.24) is 44.5 Å². The fraction of sp³-hybridized carbons (Fsp3) is 0.571. The molecule has 0 aromatic carbocycles. The van der Waals surface area contributed by atoms with Gasteiger partial charge in [0.2, 0.25) is 5.95 Å². The summed E-state index contributed by atoms with van der Waals surface area (Å²) < 4.78 is 57.4. The predicted octanol–water partition coefficient (Wildman–Crippen LogP) is -0.697. The number of aliphatic hydroxyl groups excluding tert-OH is 1. The van der Waals surface area contributed by atoms with Gasteiger partial charge in [-0.2, -0.15) is 9.67 Å². The maximum Gasteiger partial charge on any atom is 0.697 e. The maximum absolute atomic E-state index is 13.3. The van der Waals surface area contributed by atoms with E-state index >= 15 is 0 Å². The van der Waals surface area contributed by atoms with E-state index in [1.165, 1.54) is 12.7 Å². The number of H-pyrrole nitrogens is 1. The van der Waals surface area contributed by atoms with Gasteiger partial charge in [0.25, 0.3) is 5.56 Å². The monoisotopic (exact) mass is 652 g/mol. The predicted molar refractivity (Wildman–Crippen MR) is 143 cm³/mol. The van der Waals surface area contributed by atoms with Crippen LogP contribution in [0.25, 0.3) is 22.3 Å². The Bertz CT molecular complexity index is 1940. The van der Waals surface area contributed by atoms with Gasteiger partial charge in [-0.3, -0.25) is 18.8 Å². The molecule has 10 atom stereocenters. The number of hydrogen-bond acceptors (Lipinski definition) is 17. The molecular weight excluding hydrogens is 628 g/mol. The zero-order chi connectivity index (χ0) is 30.5. The fourth-order valence-corrected chi connectivity index (χ4v) is 8.46. The van der Waals surface area contributed by atoms with E-state index in [1.54, 1.807) is 4.57 Å². The molecule has 6 heterocycles. The van der Waals surface area contributed by atoms with Crippen molar-refractivity contribution < 1.29 is 42.0 Å². The first-order valence-corrected chi connectivity index (χ1v) is 15.9. The number of phosphoric acid groups is 1. The number of aliphatic hydroxyl groups is 1. The van der Waals surface area contributed by atoms with Crippen molar-refractivity contribution in [2.75, 3.05) is 24.7 Å². The first-order chi connectivity index (χ1) is 21.0. The average molecular weight is 652 g/mol. The molecule has 2 aliphatic carbocycles. The molecule has 4 aromatic rings. The molecule has 0 amide bonds. The van der Waals surface area contributed by atoms with Gasteiger partial charge in [0, 0.05) is 16.4 Å². The molecule has 21 nitrogen and oxygen atoms in total. The van der Waals surface area contributed by atoms with E-state index in [2.05, 4.69) is 35.2 Å². The largest absolute Gasteiger partial charge is 0.697 e. The first-order valence-electron chi connectivity index (χ1n) is 13.3. The summed E-state index contributed by atoms with van der Waals surface area (Å²) in [5.74, 6) is -0.407. The van der Waals surface area contributed by atoms with Crippen molar-refractivity contribution in [2.24, 2.45) is 11.3 Å². The van der Waals surface area contributed by atoms with Crippen LogP contribution in [0.3, 0.4) is 0 Å². The first kappa shape index (κ1) is 28.0. The zero-order valence-corrected chi connectivity index (χ0v) is 24.1. The molecule has 4 aromatic heterocycles. The third-order valence-electron chi connectivity index (χ3n) is 8.60. The number of nitrogens with two attached hydrogens (primary N) is 2. The summed E-state index contributed by atoms with van der Waals surface area (Å²) in [6.07, 6.45) is -2.49. The highest BCUT2D eigenvalue weighted by Gasteiger charge is 2.75. The van der Waals surface area contributed by atoms with Crippen molar-refractivity contribution in [3.05, 3.63) is 23.0 Å². The molecule has 7 N–H and O–H groups in total. The Morgan fingerprint density at radius 3 is 2.89 bits per heavy atom. The topological polar surface area (TPSA) is 293 Å². The Morgan fingerprint density at radius 1 is 1.20 bits per heavy atom. The molecule has 0 radical (unpaired) electrons. The lowest BCUT2D eigenvalue weighted by molar-refractivity contribution is -0.0628. The van der Waals surface area contributed by atoms with E-state index in [0.717, 1.165) is 4.68 Å². The maximum atomic E-state index is 13.3. The minimum absolute atomic E-state index is 0.0254. The van der Waals surface area contributed by atoms with E-state index in [1.807, 2.05) is 0 Å². The van der Waals surface area contributed by atoms with Crippen molar-refractivity contribution in [3.63, 3.8) is 0 Å². The van der Waals surface area contributed by atoms with Crippen LogP contribution in [-0.4, -0.2) is 92.1 Å². The quantitative estimate of drug-likeness (QED) is 0.167. The molecule has 44 heavy (non-hydrogen) atoms. The van der Waals surface area contributed by atoms with Crippen molar-refractivity contribution >= 4 is 50.2 Å². The van der Waals surface area contributed by atoms with Crippen LogP contribution >= 0.6 is 16.1 Å². The highest BCUT2D eigenvalue weighted by Crippen LogP contribution is 2.71. The van der Waals surface area contributed by atoms with Gasteiger partial charge >= 0.3 is 16.1 Å². The van der Waals surface area contributed by atoms with Gasteiger partial charge in [0.05, 0.1) is 25.1 Å². The minimum atomic E-state index is -4.80. The third-order valence-corrected chi connectivity index (χ3v) is 10.3. The van der Waals surface area contributed by atoms with Crippen LogP contribution in [0.5, 0.6) is 0 Å². The Morgan fingerprint density at radius 2 is 2.05 bits per heavy atom. The molecule has 2 saturated heterocycles. The van der Waals surface area contributed by atoms with Crippen LogP contribution in [0, 0.1) is 11.3 Å². The SMILES string of the molecule is Nc1nc2c(nnn2[C@@H]2O[C@@H]3CO[P+](=O)O[C@H]4[C@@H](O)[C@H](n5cnc6c(N)ncnc65)[C@H]5C[C@]54COP(=O)(O)O[C@@H]2C3)c(=O)[nH]1. The molecule has 2 saturated carbocycles. The summed E-state index contributed by atoms with van der Waals surface area (Å²) >= 11 is 0. The highest BCUT2D eigenvalue weighted by atomic mass is 31.2. The summed E-state index contributed by atoms with van der Waals surface area (Å²) in [5.41, 5.74) is 10.5. The number of nitrogens with zero attached hydrogens (tertiary/aromatic N) is 8. The number of aromatic nitrogens is 9. The molecule has 4 aliphatic rings. The summed E-state index contributed by atoms with van der Waals surface area (Å²) in [7, 11) is -7.61. The summed E-state index contributed by atoms with van der Waals surface area (Å²) in [5, 5.41) is 19.2. The second-order valence-corrected chi connectivity index (χ2v) is 13.4. The summed E-state index contributed by atoms with van der Waals surface area (Å²) in [6, 6.07) is -0.675. The Labute approximate surface area is 245 Å². The van der Waals surface area contributed by atoms with E-state index in [-0.39, 0.29) is 41.9 Å².